The maximum absolute atomic E-state index is 13.4. The van der Waals surface area contributed by atoms with Gasteiger partial charge in [-0.25, -0.2) is 23.1 Å². The van der Waals surface area contributed by atoms with E-state index in [-0.39, 0.29) is 19.4 Å². The summed E-state index contributed by atoms with van der Waals surface area (Å²) >= 11 is 0. The van der Waals surface area contributed by atoms with E-state index in [1.54, 1.807) is 10.7 Å². The van der Waals surface area contributed by atoms with Crippen molar-refractivity contribution in [2.75, 3.05) is 36.9 Å². The van der Waals surface area contributed by atoms with Crippen LogP contribution in [0, 0.1) is 0 Å². The highest BCUT2D eigenvalue weighted by atomic mass is 19.3. The lowest BCUT2D eigenvalue weighted by molar-refractivity contribution is -0.0570. The number of anilines is 3. The number of piperidine rings is 1. The molecule has 2 aromatic carbocycles. The van der Waals surface area contributed by atoms with E-state index in [9.17, 15) is 13.6 Å². The van der Waals surface area contributed by atoms with Crippen LogP contribution in [0.3, 0.4) is 0 Å². The summed E-state index contributed by atoms with van der Waals surface area (Å²) in [6.07, 6.45) is 4.70. The summed E-state index contributed by atoms with van der Waals surface area (Å²) in [7, 11) is 0. The summed E-state index contributed by atoms with van der Waals surface area (Å²) in [5, 5.41) is 16.1. The second-order valence-electron chi connectivity index (χ2n) is 10.4. The zero-order valence-corrected chi connectivity index (χ0v) is 23.3. The van der Waals surface area contributed by atoms with E-state index in [2.05, 4.69) is 37.9 Å². The van der Waals surface area contributed by atoms with E-state index in [1.165, 1.54) is 11.9 Å². The molecule has 10 nitrogen and oxygen atoms in total. The van der Waals surface area contributed by atoms with Crippen molar-refractivity contribution in [3.05, 3.63) is 78.4 Å². The number of hydrogen-bond acceptors (Lipinski definition) is 7. The quantitative estimate of drug-likeness (QED) is 0.232. The number of halogens is 2. The number of fused-ring (bicyclic) bond motifs is 2. The van der Waals surface area contributed by atoms with Crippen molar-refractivity contribution >= 4 is 39.7 Å². The smallest absolute Gasteiger partial charge is 0.411 e. The van der Waals surface area contributed by atoms with Crippen molar-refractivity contribution in [2.45, 2.75) is 38.7 Å². The van der Waals surface area contributed by atoms with E-state index in [4.69, 9.17) is 4.74 Å². The number of nitrogens with one attached hydrogen (secondary N) is 2. The summed E-state index contributed by atoms with van der Waals surface area (Å²) in [5.41, 5.74) is 5.21. The molecule has 1 fully saturated rings. The number of alkyl halides is 2. The predicted octanol–water partition coefficient (Wildman–Crippen LogP) is 5.71. The van der Waals surface area contributed by atoms with E-state index < -0.39 is 12.0 Å². The Morgan fingerprint density at radius 2 is 1.90 bits per heavy atom. The van der Waals surface area contributed by atoms with Crippen molar-refractivity contribution in [1.82, 2.24) is 29.3 Å². The highest BCUT2D eigenvalue weighted by Crippen LogP contribution is 2.31. The highest BCUT2D eigenvalue weighted by molar-refractivity contribution is 5.91. The molecule has 1 aliphatic heterocycles. The van der Waals surface area contributed by atoms with Crippen LogP contribution in [0.1, 0.15) is 30.9 Å². The van der Waals surface area contributed by atoms with Crippen LogP contribution >= 0.6 is 0 Å². The molecule has 0 unspecified atom stereocenters. The molecular weight excluding hydrogens is 542 g/mol. The lowest BCUT2D eigenvalue weighted by Crippen LogP contribution is -2.41. The van der Waals surface area contributed by atoms with Gasteiger partial charge in [0, 0.05) is 49.1 Å². The maximum atomic E-state index is 13.4. The predicted molar refractivity (Wildman–Crippen MR) is 157 cm³/mol. The topological polar surface area (TPSA) is 102 Å². The second kappa shape index (κ2) is 11.7. The molecule has 0 aliphatic carbocycles. The van der Waals surface area contributed by atoms with E-state index in [1.807, 2.05) is 59.1 Å². The summed E-state index contributed by atoms with van der Waals surface area (Å²) in [6, 6.07) is 16.2. The van der Waals surface area contributed by atoms with Gasteiger partial charge in [-0.2, -0.15) is 10.2 Å². The summed E-state index contributed by atoms with van der Waals surface area (Å²) in [4.78, 5) is 19.0. The minimum atomic E-state index is -2.60. The first-order valence-electron chi connectivity index (χ1n) is 14.0. The third kappa shape index (κ3) is 6.03. The Labute approximate surface area is 241 Å². The third-order valence-electron chi connectivity index (χ3n) is 7.58. The Kier molecular flexibility index (Phi) is 7.70. The number of aryl methyl sites for hydroxylation is 1. The van der Waals surface area contributed by atoms with Crippen molar-refractivity contribution in [3.63, 3.8) is 0 Å². The number of rotatable bonds is 9. The minimum absolute atomic E-state index is 0.114. The number of ether oxygens (including phenoxy) is 1. The van der Waals surface area contributed by atoms with Gasteiger partial charge >= 0.3 is 6.09 Å². The van der Waals surface area contributed by atoms with Gasteiger partial charge in [0.2, 0.25) is 0 Å². The number of carbonyl (C=O) groups is 1. The Hall–Kier alpha value is -4.58. The summed E-state index contributed by atoms with van der Waals surface area (Å²) in [5.74, 6) is -2.00. The molecule has 0 bridgehead atoms. The van der Waals surface area contributed by atoms with Crippen LogP contribution in [-0.4, -0.2) is 67.5 Å². The number of nitrogens with zero attached hydrogens (tertiary/aromatic N) is 6. The Bertz CT molecular complexity index is 1690. The van der Waals surface area contributed by atoms with Gasteiger partial charge < -0.3 is 10.1 Å². The number of likely N-dealkylation sites (tertiary alicyclic amines) is 1. The molecule has 0 radical (unpaired) electrons. The first-order chi connectivity index (χ1) is 20.4. The van der Waals surface area contributed by atoms with Crippen LogP contribution in [0.5, 0.6) is 0 Å². The fourth-order valence-corrected chi connectivity index (χ4v) is 5.33. The fraction of sp³-hybridized carbons (Fsp3) is 0.333. The Balaban J connectivity index is 1.14. The second-order valence-corrected chi connectivity index (χ2v) is 10.4. The van der Waals surface area contributed by atoms with Crippen LogP contribution in [0.2, 0.25) is 0 Å². The summed E-state index contributed by atoms with van der Waals surface area (Å²) in [6.45, 7) is 3.78. The molecule has 0 atom stereocenters. The van der Waals surface area contributed by atoms with Gasteiger partial charge in [-0.1, -0.05) is 37.3 Å². The molecule has 12 heteroatoms. The van der Waals surface area contributed by atoms with Crippen molar-refractivity contribution in [1.29, 1.82) is 0 Å². The van der Waals surface area contributed by atoms with Gasteiger partial charge in [0.15, 0.2) is 5.82 Å². The Morgan fingerprint density at radius 3 is 2.69 bits per heavy atom. The molecule has 0 saturated carbocycles. The number of amides is 1. The third-order valence-corrected chi connectivity index (χ3v) is 7.58. The van der Waals surface area contributed by atoms with Crippen molar-refractivity contribution < 1.29 is 18.3 Å². The van der Waals surface area contributed by atoms with Gasteiger partial charge in [0.1, 0.15) is 18.5 Å². The molecule has 4 heterocycles. The largest absolute Gasteiger partial charge is 0.448 e. The molecular formula is C30H32F2N8O2. The number of aromatic nitrogens is 5. The minimum Gasteiger partial charge on any atom is -0.448 e. The van der Waals surface area contributed by atoms with Crippen LogP contribution in [0.15, 0.2) is 67.3 Å². The number of carbonyl (C=O) groups excluding carboxylic acids is 1. The van der Waals surface area contributed by atoms with Crippen LogP contribution in [-0.2, 0) is 17.7 Å². The van der Waals surface area contributed by atoms with Crippen molar-refractivity contribution in [3.8, 4) is 0 Å². The molecule has 218 valence electrons. The first-order valence-corrected chi connectivity index (χ1v) is 14.0. The maximum Gasteiger partial charge on any atom is 0.411 e. The van der Waals surface area contributed by atoms with Crippen LogP contribution in [0.25, 0.3) is 16.4 Å². The molecule has 3 aromatic heterocycles. The van der Waals surface area contributed by atoms with Gasteiger partial charge in [-0.3, -0.25) is 14.9 Å². The molecule has 1 aliphatic rings. The normalized spacial score (nSPS) is 15.2. The summed E-state index contributed by atoms with van der Waals surface area (Å²) < 4.78 is 35.7. The first kappa shape index (κ1) is 27.6. The molecule has 42 heavy (non-hydrogen) atoms. The van der Waals surface area contributed by atoms with Crippen LogP contribution < -0.4 is 10.6 Å². The van der Waals surface area contributed by atoms with Gasteiger partial charge in [0.05, 0.1) is 30.1 Å². The molecule has 6 rings (SSSR count). The number of benzene rings is 2. The average molecular weight is 575 g/mol. The number of hydrogen-bond donors (Lipinski definition) is 2. The molecule has 2 N–H and O–H groups in total. The van der Waals surface area contributed by atoms with Gasteiger partial charge in [0.25, 0.3) is 5.92 Å². The molecule has 0 spiro atoms. The fourth-order valence-electron chi connectivity index (χ4n) is 5.33. The van der Waals surface area contributed by atoms with Crippen molar-refractivity contribution in [2.24, 2.45) is 0 Å². The van der Waals surface area contributed by atoms with Crippen LogP contribution in [0.4, 0.5) is 30.8 Å². The molecule has 1 saturated heterocycles. The van der Waals surface area contributed by atoms with E-state index in [0.29, 0.717) is 44.1 Å². The lowest BCUT2D eigenvalue weighted by atomic mass is 10.1. The Morgan fingerprint density at radius 1 is 1.10 bits per heavy atom. The highest BCUT2D eigenvalue weighted by Gasteiger charge is 2.33. The standard InChI is InChI=1S/C30H32F2N8O2/c1-2-24-25(37-29(41)42-15-14-38-12-10-30(31,32)11-13-38)19-40-27(24)28(33-20-35-40)36-23-8-9-26-22(16-23)17-34-39(26)18-21-6-4-3-5-7-21/h3-9,16-17,19-20H,2,10-15,18H2,1H3,(H,37,41)(H,33,35,36). The van der Waals surface area contributed by atoms with Gasteiger partial charge in [-0.15, -0.1) is 0 Å². The van der Waals surface area contributed by atoms with E-state index >= 15 is 0 Å². The SMILES string of the molecule is CCc1c(NC(=O)OCCN2CCC(F)(F)CC2)cn2ncnc(Nc3ccc4c(cnn4Cc4ccccc4)c3)c12. The zero-order chi connectivity index (χ0) is 29.1. The monoisotopic (exact) mass is 574 g/mol. The van der Waals surface area contributed by atoms with E-state index in [0.717, 1.165) is 27.7 Å². The zero-order valence-electron chi connectivity index (χ0n) is 23.3. The average Bonchev–Trinajstić information content (AvgIpc) is 3.55. The molecule has 5 aromatic rings. The lowest BCUT2D eigenvalue weighted by Gasteiger charge is -2.31. The molecule has 1 amide bonds. The van der Waals surface area contributed by atoms with Gasteiger partial charge in [-0.05, 0) is 30.2 Å².